The van der Waals surface area contributed by atoms with Crippen LogP contribution in [0.3, 0.4) is 0 Å². The molecule has 0 saturated heterocycles. The van der Waals surface area contributed by atoms with E-state index in [1.165, 1.54) is 41.6 Å². The smallest absolute Gasteiger partial charge is 0.277 e. The van der Waals surface area contributed by atoms with Gasteiger partial charge in [-0.2, -0.15) is 0 Å². The van der Waals surface area contributed by atoms with Gasteiger partial charge < -0.3 is 13.7 Å². The fourth-order valence-corrected chi connectivity index (χ4v) is 3.99. The van der Waals surface area contributed by atoms with E-state index in [4.69, 9.17) is 9.15 Å². The highest BCUT2D eigenvalue weighted by Crippen LogP contribution is 2.23. The van der Waals surface area contributed by atoms with Crippen LogP contribution < -0.4 is 4.74 Å². The number of hydrogen-bond acceptors (Lipinski definition) is 6. The molecule has 0 spiro atoms. The fraction of sp³-hybridized carbons (Fsp3) is 0.208. The molecule has 2 aromatic carbocycles. The van der Waals surface area contributed by atoms with Crippen molar-refractivity contribution in [3.05, 3.63) is 94.9 Å². The zero-order valence-electron chi connectivity index (χ0n) is 17.7. The number of ketones is 1. The highest BCUT2D eigenvalue weighted by Gasteiger charge is 2.18. The minimum absolute atomic E-state index is 0.00437. The maximum absolute atomic E-state index is 12.9. The van der Waals surface area contributed by atoms with E-state index in [0.717, 1.165) is 17.9 Å². The average molecular weight is 452 g/mol. The van der Waals surface area contributed by atoms with Crippen molar-refractivity contribution in [3.8, 4) is 5.75 Å². The minimum atomic E-state index is -0.334. The van der Waals surface area contributed by atoms with Crippen molar-refractivity contribution in [2.45, 2.75) is 32.2 Å². The summed E-state index contributed by atoms with van der Waals surface area (Å²) in [5.41, 5.74) is 3.86. The van der Waals surface area contributed by atoms with E-state index < -0.39 is 0 Å². The topological polar surface area (TPSA) is 70.2 Å². The molecule has 0 N–H and O–H groups in total. The Kier molecular flexibility index (Phi) is 6.70. The van der Waals surface area contributed by atoms with Crippen molar-refractivity contribution < 1.29 is 18.3 Å². The number of hydrogen-bond donors (Lipinski definition) is 0. The minimum Gasteiger partial charge on any atom is -0.484 e. The summed E-state index contributed by atoms with van der Waals surface area (Å²) in [4.78, 5) is 12.8. The van der Waals surface area contributed by atoms with Gasteiger partial charge in [0.2, 0.25) is 0 Å². The normalized spacial score (nSPS) is 11.0. The lowest BCUT2D eigenvalue weighted by Gasteiger charge is -2.09. The third kappa shape index (κ3) is 5.26. The molecule has 0 unspecified atom stereocenters. The van der Waals surface area contributed by atoms with Crippen molar-refractivity contribution in [1.29, 1.82) is 0 Å². The molecule has 6 nitrogen and oxygen atoms in total. The summed E-state index contributed by atoms with van der Waals surface area (Å²) >= 11 is 1.19. The lowest BCUT2D eigenvalue weighted by Crippen LogP contribution is -2.07. The lowest BCUT2D eigenvalue weighted by atomic mass is 10.2. The summed E-state index contributed by atoms with van der Waals surface area (Å²) in [7, 11) is 0. The summed E-state index contributed by atoms with van der Waals surface area (Å²) in [6.45, 7) is 4.75. The number of ether oxygens (including phenoxy) is 1. The Bertz CT molecular complexity index is 1200. The lowest BCUT2D eigenvalue weighted by molar-refractivity contribution is 0.102. The molecule has 32 heavy (non-hydrogen) atoms. The average Bonchev–Trinajstić information content (AvgIpc) is 3.37. The van der Waals surface area contributed by atoms with Crippen LogP contribution in [0.5, 0.6) is 5.75 Å². The van der Waals surface area contributed by atoms with Gasteiger partial charge in [0.05, 0.1) is 5.75 Å². The molecule has 0 radical (unpaired) electrons. The Labute approximate surface area is 189 Å². The summed E-state index contributed by atoms with van der Waals surface area (Å²) in [5.74, 6) is 0.644. The van der Waals surface area contributed by atoms with E-state index in [2.05, 4.69) is 26.9 Å². The van der Waals surface area contributed by atoms with Crippen LogP contribution in [0.4, 0.5) is 4.39 Å². The third-order valence-corrected chi connectivity index (χ3v) is 5.83. The largest absolute Gasteiger partial charge is 0.484 e. The zero-order chi connectivity index (χ0) is 22.5. The predicted molar refractivity (Wildman–Crippen MR) is 120 cm³/mol. The molecule has 164 valence electrons. The van der Waals surface area contributed by atoms with Crippen LogP contribution in [-0.4, -0.2) is 26.3 Å². The first kappa shape index (κ1) is 21.8. The second kappa shape index (κ2) is 9.82. The molecular formula is C24H22FN3O3S. The molecule has 0 atom stereocenters. The standard InChI is InChI=1S/C24H22FN3O3S/c1-16-12-21(17(2)28(16)13-18-6-4-3-5-7-18)22(29)15-32-24-27-26-23(31-24)14-30-20-10-8-19(25)9-11-20/h3-12H,13-15H2,1-2H3. The summed E-state index contributed by atoms with van der Waals surface area (Å²) in [6.07, 6.45) is 0. The number of nitrogens with zero attached hydrogens (tertiary/aromatic N) is 3. The summed E-state index contributed by atoms with van der Waals surface area (Å²) in [5, 5.41) is 8.19. The molecule has 0 aliphatic heterocycles. The number of thioether (sulfide) groups is 1. The first-order valence-electron chi connectivity index (χ1n) is 10.1. The van der Waals surface area contributed by atoms with Gasteiger partial charge in [0.25, 0.3) is 11.1 Å². The molecule has 0 aliphatic rings. The Balaban J connectivity index is 1.34. The van der Waals surface area contributed by atoms with Gasteiger partial charge in [-0.25, -0.2) is 4.39 Å². The SMILES string of the molecule is Cc1cc(C(=O)CSc2nnc(COc3ccc(F)cc3)o2)c(C)n1Cc1ccccc1. The number of benzene rings is 2. The van der Waals surface area contributed by atoms with Crippen LogP contribution in [-0.2, 0) is 13.2 Å². The number of Topliss-reactive ketones (excluding diaryl/α,β-unsaturated/α-hetero) is 1. The van der Waals surface area contributed by atoms with Crippen LogP contribution in [0.1, 0.15) is 33.2 Å². The molecule has 4 rings (SSSR count). The zero-order valence-corrected chi connectivity index (χ0v) is 18.6. The van der Waals surface area contributed by atoms with Gasteiger partial charge >= 0.3 is 0 Å². The highest BCUT2D eigenvalue weighted by molar-refractivity contribution is 7.99. The van der Waals surface area contributed by atoms with Crippen molar-refractivity contribution in [2.24, 2.45) is 0 Å². The molecular weight excluding hydrogens is 429 g/mol. The predicted octanol–water partition coefficient (Wildman–Crippen LogP) is 5.23. The van der Waals surface area contributed by atoms with Gasteiger partial charge in [-0.15, -0.1) is 10.2 Å². The molecule has 0 saturated carbocycles. The second-order valence-electron chi connectivity index (χ2n) is 7.27. The molecule has 0 amide bonds. The number of rotatable bonds is 9. The Morgan fingerprint density at radius 3 is 2.59 bits per heavy atom. The Hall–Kier alpha value is -3.39. The van der Waals surface area contributed by atoms with E-state index in [9.17, 15) is 9.18 Å². The molecule has 0 bridgehead atoms. The van der Waals surface area contributed by atoms with Crippen LogP contribution in [0.2, 0.25) is 0 Å². The van der Waals surface area contributed by atoms with Crippen LogP contribution >= 0.6 is 11.8 Å². The quantitative estimate of drug-likeness (QED) is 0.256. The van der Waals surface area contributed by atoms with E-state index in [-0.39, 0.29) is 29.9 Å². The highest BCUT2D eigenvalue weighted by atomic mass is 32.2. The van der Waals surface area contributed by atoms with Gasteiger partial charge in [-0.3, -0.25) is 4.79 Å². The maximum atomic E-state index is 12.9. The molecule has 8 heteroatoms. The number of aryl methyl sites for hydroxylation is 1. The van der Waals surface area contributed by atoms with Gasteiger partial charge in [-0.05, 0) is 49.7 Å². The molecule has 0 fully saturated rings. The Morgan fingerprint density at radius 2 is 1.84 bits per heavy atom. The van der Waals surface area contributed by atoms with Gasteiger partial charge in [0, 0.05) is 23.5 Å². The summed E-state index contributed by atoms with van der Waals surface area (Å²) in [6, 6.07) is 17.7. The van der Waals surface area contributed by atoms with Gasteiger partial charge in [-0.1, -0.05) is 42.1 Å². The first-order valence-corrected chi connectivity index (χ1v) is 11.1. The van der Waals surface area contributed by atoms with Crippen molar-refractivity contribution in [3.63, 3.8) is 0 Å². The van der Waals surface area contributed by atoms with Crippen molar-refractivity contribution in [1.82, 2.24) is 14.8 Å². The molecule has 2 heterocycles. The fourth-order valence-electron chi connectivity index (χ4n) is 3.33. The van der Waals surface area contributed by atoms with Gasteiger partial charge in [0.1, 0.15) is 11.6 Å². The van der Waals surface area contributed by atoms with Crippen LogP contribution in [0, 0.1) is 19.7 Å². The van der Waals surface area contributed by atoms with E-state index >= 15 is 0 Å². The first-order chi connectivity index (χ1) is 15.5. The second-order valence-corrected chi connectivity index (χ2v) is 8.20. The van der Waals surface area contributed by atoms with Crippen molar-refractivity contribution in [2.75, 3.05) is 5.75 Å². The van der Waals surface area contributed by atoms with E-state index in [0.29, 0.717) is 16.5 Å². The van der Waals surface area contributed by atoms with Crippen LogP contribution in [0.15, 0.2) is 70.3 Å². The monoisotopic (exact) mass is 451 g/mol. The molecule has 2 aromatic heterocycles. The Morgan fingerprint density at radius 1 is 1.09 bits per heavy atom. The van der Waals surface area contributed by atoms with Crippen LogP contribution in [0.25, 0.3) is 0 Å². The van der Waals surface area contributed by atoms with E-state index in [1.807, 2.05) is 38.1 Å². The molecule has 0 aliphatic carbocycles. The number of carbonyl (C=O) groups excluding carboxylic acids is 1. The van der Waals surface area contributed by atoms with E-state index in [1.54, 1.807) is 0 Å². The third-order valence-electron chi connectivity index (χ3n) is 5.01. The number of aromatic nitrogens is 3. The molecule has 4 aromatic rings. The summed E-state index contributed by atoms with van der Waals surface area (Å²) < 4.78 is 26.1. The number of carbonyl (C=O) groups is 1. The van der Waals surface area contributed by atoms with Crippen molar-refractivity contribution >= 4 is 17.5 Å². The maximum Gasteiger partial charge on any atom is 0.277 e. The van der Waals surface area contributed by atoms with Gasteiger partial charge in [0.15, 0.2) is 12.4 Å². The number of halogens is 1.